The number of hydrogen-bond donors (Lipinski definition) is 1. The predicted octanol–water partition coefficient (Wildman–Crippen LogP) is 4.89. The number of carbonyl (C=O) groups excluding carboxylic acids is 1. The molecule has 2 heterocycles. The van der Waals surface area contributed by atoms with Crippen LogP contribution in [0.2, 0.25) is 0 Å². The zero-order chi connectivity index (χ0) is 22.6. The van der Waals surface area contributed by atoms with Crippen LogP contribution in [0.3, 0.4) is 0 Å². The Balaban J connectivity index is 1.19. The van der Waals surface area contributed by atoms with Crippen molar-refractivity contribution in [2.24, 2.45) is 29.1 Å². The van der Waals surface area contributed by atoms with Gasteiger partial charge in [-0.25, -0.2) is 0 Å². The molecule has 1 aromatic heterocycles. The summed E-state index contributed by atoms with van der Waals surface area (Å²) in [7, 11) is 2.16. The molecule has 0 atom stereocenters. The zero-order valence-electron chi connectivity index (χ0n) is 19.9. The minimum Gasteiger partial charge on any atom is -0.325 e. The highest BCUT2D eigenvalue weighted by molar-refractivity contribution is 6.02. The lowest BCUT2D eigenvalue weighted by atomic mass is 9.49. The fourth-order valence-corrected chi connectivity index (χ4v) is 8.14. The Morgan fingerprint density at radius 3 is 2.33 bits per heavy atom. The van der Waals surface area contributed by atoms with Gasteiger partial charge in [-0.2, -0.15) is 0 Å². The summed E-state index contributed by atoms with van der Waals surface area (Å²) >= 11 is 0. The summed E-state index contributed by atoms with van der Waals surface area (Å²) in [5.74, 6) is 3.23. The van der Waals surface area contributed by atoms with Gasteiger partial charge in [0, 0.05) is 35.6 Å². The molecule has 176 valence electrons. The first-order valence-electron chi connectivity index (χ1n) is 13.1. The molecule has 2 aromatic rings. The van der Waals surface area contributed by atoms with E-state index in [-0.39, 0.29) is 16.9 Å². The molecule has 0 unspecified atom stereocenters. The average Bonchev–Trinajstić information content (AvgIpc) is 2.76. The number of aromatic nitrogens is 1. The van der Waals surface area contributed by atoms with E-state index in [1.54, 1.807) is 0 Å². The van der Waals surface area contributed by atoms with Gasteiger partial charge in [0.05, 0.1) is 0 Å². The number of anilines is 1. The molecule has 5 heteroatoms. The van der Waals surface area contributed by atoms with E-state index in [1.165, 1.54) is 38.5 Å². The number of nitrogens with zero attached hydrogens (tertiary/aromatic N) is 2. The van der Waals surface area contributed by atoms with E-state index in [4.69, 9.17) is 0 Å². The van der Waals surface area contributed by atoms with Crippen LogP contribution in [0.4, 0.5) is 5.69 Å². The monoisotopic (exact) mass is 447 g/mol. The van der Waals surface area contributed by atoms with Crippen molar-refractivity contribution in [2.75, 3.05) is 25.5 Å². The number of carbonyl (C=O) groups is 1. The van der Waals surface area contributed by atoms with E-state index in [0.717, 1.165) is 61.3 Å². The molecule has 1 N–H and O–H groups in total. The van der Waals surface area contributed by atoms with Crippen LogP contribution in [0.5, 0.6) is 0 Å². The first-order chi connectivity index (χ1) is 16.0. The maximum Gasteiger partial charge on any atom is 0.258 e. The quantitative estimate of drug-likeness (QED) is 0.710. The van der Waals surface area contributed by atoms with Crippen molar-refractivity contribution < 1.29 is 4.79 Å². The van der Waals surface area contributed by atoms with Gasteiger partial charge in [-0.1, -0.05) is 6.07 Å². The smallest absolute Gasteiger partial charge is 0.258 e. The van der Waals surface area contributed by atoms with Crippen molar-refractivity contribution in [1.82, 2.24) is 9.47 Å². The Bertz CT molecular complexity index is 1080. The summed E-state index contributed by atoms with van der Waals surface area (Å²) in [6.07, 6.45) is 12.8. The molecule has 0 spiro atoms. The fraction of sp³-hybridized carbons (Fsp3) is 0.643. The topological polar surface area (TPSA) is 54.3 Å². The van der Waals surface area contributed by atoms with Crippen LogP contribution in [0, 0.1) is 29.1 Å². The third-order valence-corrected chi connectivity index (χ3v) is 9.29. The number of nitrogens with one attached hydrogen (secondary N) is 1. The van der Waals surface area contributed by atoms with Crippen LogP contribution < -0.4 is 10.9 Å². The second kappa shape index (κ2) is 8.26. The molecule has 4 aliphatic carbocycles. The molecule has 5 fully saturated rings. The van der Waals surface area contributed by atoms with Crippen LogP contribution in [0.15, 0.2) is 35.3 Å². The molecule has 1 amide bonds. The summed E-state index contributed by atoms with van der Waals surface area (Å²) < 4.78 is 1.87. The molecule has 1 saturated heterocycles. The van der Waals surface area contributed by atoms with Gasteiger partial charge >= 0.3 is 0 Å². The van der Waals surface area contributed by atoms with E-state index in [9.17, 15) is 9.59 Å². The van der Waals surface area contributed by atoms with E-state index in [0.29, 0.717) is 17.7 Å². The number of fused-ring (bicyclic) bond motifs is 1. The maximum atomic E-state index is 13.2. The lowest BCUT2D eigenvalue weighted by Crippen LogP contribution is -2.47. The summed E-state index contributed by atoms with van der Waals surface area (Å²) in [4.78, 5) is 28.8. The largest absolute Gasteiger partial charge is 0.325 e. The molecule has 4 bridgehead atoms. The highest BCUT2D eigenvalue weighted by Gasteiger charge is 2.51. The Kier molecular flexibility index (Phi) is 5.36. The average molecular weight is 448 g/mol. The normalized spacial score (nSPS) is 31.8. The minimum absolute atomic E-state index is 0.0589. The maximum absolute atomic E-state index is 13.2. The number of amides is 1. The number of hydrogen-bond acceptors (Lipinski definition) is 3. The van der Waals surface area contributed by atoms with Gasteiger partial charge in [0.2, 0.25) is 5.91 Å². The number of pyridine rings is 1. The lowest BCUT2D eigenvalue weighted by Gasteiger charge is -2.56. The predicted molar refractivity (Wildman–Crippen MR) is 132 cm³/mol. The highest BCUT2D eigenvalue weighted by Crippen LogP contribution is 2.61. The van der Waals surface area contributed by atoms with E-state index >= 15 is 0 Å². The Morgan fingerprint density at radius 2 is 1.67 bits per heavy atom. The molecule has 33 heavy (non-hydrogen) atoms. The molecule has 0 radical (unpaired) electrons. The van der Waals surface area contributed by atoms with Gasteiger partial charge in [-0.15, -0.1) is 0 Å². The molecule has 5 nitrogen and oxygen atoms in total. The number of likely N-dealkylation sites (tertiary alicyclic amines) is 1. The fourth-order valence-electron chi connectivity index (χ4n) is 8.14. The standard InChI is InChI=1S/C28H37N3O2/c1-30-8-5-19(6-9-30)18-31-10-7-23-24(27(31)33)3-2-4-25(23)29-26(32)17-28-14-20-11-21(15-28)13-22(12-20)16-28/h2-4,7,10,19-22H,5-6,8-9,11-18H2,1H3,(H,29,32). The second-order valence-electron chi connectivity index (χ2n) is 11.9. The van der Waals surface area contributed by atoms with Gasteiger partial charge in [0.25, 0.3) is 5.56 Å². The first-order valence-corrected chi connectivity index (χ1v) is 13.1. The SMILES string of the molecule is CN1CCC(Cn2ccc3c(NC(=O)CC45CC6CC(CC(C6)C4)C5)cccc3c2=O)CC1. The number of piperidine rings is 1. The zero-order valence-corrected chi connectivity index (χ0v) is 19.9. The van der Waals surface area contributed by atoms with E-state index in [2.05, 4.69) is 17.3 Å². The van der Waals surface area contributed by atoms with Crippen molar-refractivity contribution in [3.05, 3.63) is 40.8 Å². The van der Waals surface area contributed by atoms with Crippen molar-refractivity contribution in [3.8, 4) is 0 Å². The third kappa shape index (κ3) is 4.14. The molecular formula is C28H37N3O2. The lowest BCUT2D eigenvalue weighted by molar-refractivity contribution is -0.124. The van der Waals surface area contributed by atoms with Crippen LogP contribution in [0.1, 0.15) is 57.8 Å². The molecule has 7 rings (SSSR count). The number of rotatable bonds is 5. The van der Waals surface area contributed by atoms with Crippen LogP contribution >= 0.6 is 0 Å². The molecule has 1 aromatic carbocycles. The summed E-state index contributed by atoms with van der Waals surface area (Å²) in [6.45, 7) is 2.99. The Labute approximate surface area is 196 Å². The van der Waals surface area contributed by atoms with E-state index < -0.39 is 0 Å². The van der Waals surface area contributed by atoms with Crippen molar-refractivity contribution in [1.29, 1.82) is 0 Å². The molecular weight excluding hydrogens is 410 g/mol. The van der Waals surface area contributed by atoms with Crippen molar-refractivity contribution in [3.63, 3.8) is 0 Å². The summed E-state index contributed by atoms with van der Waals surface area (Å²) in [6, 6.07) is 7.77. The summed E-state index contributed by atoms with van der Waals surface area (Å²) in [5.41, 5.74) is 1.07. The Morgan fingerprint density at radius 1 is 1.00 bits per heavy atom. The van der Waals surface area contributed by atoms with Crippen LogP contribution in [0.25, 0.3) is 10.8 Å². The highest BCUT2D eigenvalue weighted by atomic mass is 16.1. The van der Waals surface area contributed by atoms with Gasteiger partial charge in [0.1, 0.15) is 0 Å². The minimum atomic E-state index is 0.0589. The van der Waals surface area contributed by atoms with Gasteiger partial charge in [-0.05, 0) is 119 Å². The van der Waals surface area contributed by atoms with Crippen LogP contribution in [-0.4, -0.2) is 35.5 Å². The van der Waals surface area contributed by atoms with E-state index in [1.807, 2.05) is 35.0 Å². The Hall–Kier alpha value is -2.14. The van der Waals surface area contributed by atoms with Crippen LogP contribution in [-0.2, 0) is 11.3 Å². The van der Waals surface area contributed by atoms with Gasteiger partial charge < -0.3 is 14.8 Å². The van der Waals surface area contributed by atoms with Crippen molar-refractivity contribution in [2.45, 2.75) is 64.3 Å². The van der Waals surface area contributed by atoms with Gasteiger partial charge in [0.15, 0.2) is 0 Å². The summed E-state index contributed by atoms with van der Waals surface area (Å²) in [5, 5.41) is 4.77. The van der Waals surface area contributed by atoms with Crippen molar-refractivity contribution >= 4 is 22.4 Å². The first kappa shape index (κ1) is 21.4. The number of benzene rings is 1. The molecule has 4 saturated carbocycles. The third-order valence-electron chi connectivity index (χ3n) is 9.29. The second-order valence-corrected chi connectivity index (χ2v) is 11.9. The molecule has 1 aliphatic heterocycles. The molecule has 5 aliphatic rings. The van der Waals surface area contributed by atoms with Gasteiger partial charge in [-0.3, -0.25) is 9.59 Å².